The molecule has 228 valence electrons. The Bertz CT molecular complexity index is 2760. The van der Waals surface area contributed by atoms with Crippen LogP contribution in [0, 0.1) is 0 Å². The zero-order chi connectivity index (χ0) is 32.3. The molecular weight excluding hydrogens is 595 g/mol. The molecule has 0 N–H and O–H groups in total. The Hall–Kier alpha value is -6.58. The summed E-state index contributed by atoms with van der Waals surface area (Å²) >= 11 is 0. The number of benzene rings is 8. The number of para-hydroxylation sites is 1. The van der Waals surface area contributed by atoms with Crippen LogP contribution in [0.2, 0.25) is 0 Å². The van der Waals surface area contributed by atoms with Crippen LogP contribution in [0.3, 0.4) is 0 Å². The normalized spacial score (nSPS) is 11.7. The smallest absolute Gasteiger partial charge is 0.160 e. The highest BCUT2D eigenvalue weighted by Crippen LogP contribution is 2.43. The van der Waals surface area contributed by atoms with E-state index in [1.54, 1.807) is 0 Å². The van der Waals surface area contributed by atoms with Gasteiger partial charge in [-0.3, -0.25) is 0 Å². The van der Waals surface area contributed by atoms with Crippen molar-refractivity contribution in [3.8, 4) is 39.6 Å². The van der Waals surface area contributed by atoms with E-state index < -0.39 is 0 Å². The molecule has 8 aromatic carbocycles. The van der Waals surface area contributed by atoms with Crippen LogP contribution in [-0.2, 0) is 0 Å². The molecule has 2 heterocycles. The van der Waals surface area contributed by atoms with Crippen molar-refractivity contribution in [2.45, 2.75) is 0 Å². The van der Waals surface area contributed by atoms with Crippen LogP contribution in [0.4, 0.5) is 0 Å². The van der Waals surface area contributed by atoms with Gasteiger partial charge in [0.15, 0.2) is 5.82 Å². The summed E-state index contributed by atoms with van der Waals surface area (Å²) in [6, 6.07) is 62.5. The Balaban J connectivity index is 1.31. The van der Waals surface area contributed by atoms with Gasteiger partial charge in [-0.2, -0.15) is 0 Å². The average molecular weight is 624 g/mol. The van der Waals surface area contributed by atoms with Crippen LogP contribution >= 0.6 is 0 Å². The Morgan fingerprint density at radius 3 is 1.45 bits per heavy atom. The van der Waals surface area contributed by atoms with E-state index in [9.17, 15) is 0 Å². The van der Waals surface area contributed by atoms with Crippen LogP contribution in [0.1, 0.15) is 0 Å². The number of fused-ring (bicyclic) bond motifs is 10. The van der Waals surface area contributed by atoms with E-state index in [1.807, 2.05) is 12.1 Å². The lowest BCUT2D eigenvalue weighted by molar-refractivity contribution is 1.18. The molecule has 0 bridgehead atoms. The lowest BCUT2D eigenvalue weighted by Crippen LogP contribution is -1.96. The van der Waals surface area contributed by atoms with E-state index >= 15 is 0 Å². The fourth-order valence-electron chi connectivity index (χ4n) is 7.57. The Labute approximate surface area is 283 Å². The van der Waals surface area contributed by atoms with Crippen molar-refractivity contribution in [3.63, 3.8) is 0 Å². The van der Waals surface area contributed by atoms with Crippen molar-refractivity contribution in [1.29, 1.82) is 0 Å². The van der Waals surface area contributed by atoms with Crippen LogP contribution < -0.4 is 0 Å². The van der Waals surface area contributed by atoms with Crippen molar-refractivity contribution < 1.29 is 0 Å². The highest BCUT2D eigenvalue weighted by atomic mass is 15.0. The summed E-state index contributed by atoms with van der Waals surface area (Å²) < 4.78 is 2.44. The third kappa shape index (κ3) is 4.37. The van der Waals surface area contributed by atoms with Gasteiger partial charge >= 0.3 is 0 Å². The molecule has 0 unspecified atom stereocenters. The summed E-state index contributed by atoms with van der Waals surface area (Å²) in [5.74, 6) is 0.708. The minimum Gasteiger partial charge on any atom is -0.309 e. The molecule has 49 heavy (non-hydrogen) atoms. The first-order valence-corrected chi connectivity index (χ1v) is 16.7. The van der Waals surface area contributed by atoms with Crippen molar-refractivity contribution in [1.82, 2.24) is 14.5 Å². The van der Waals surface area contributed by atoms with Gasteiger partial charge in [0.05, 0.1) is 22.4 Å². The zero-order valence-electron chi connectivity index (χ0n) is 26.6. The third-order valence-electron chi connectivity index (χ3n) is 9.77. The Morgan fingerprint density at radius 1 is 0.347 bits per heavy atom. The molecule has 0 fully saturated rings. The summed E-state index contributed by atoms with van der Waals surface area (Å²) in [5, 5.41) is 9.97. The molecule has 0 amide bonds. The predicted molar refractivity (Wildman–Crippen MR) is 205 cm³/mol. The molecule has 10 aromatic rings. The fourth-order valence-corrected chi connectivity index (χ4v) is 7.57. The van der Waals surface area contributed by atoms with Crippen molar-refractivity contribution in [3.05, 3.63) is 176 Å². The second-order valence-electron chi connectivity index (χ2n) is 12.6. The van der Waals surface area contributed by atoms with E-state index in [0.717, 1.165) is 39.3 Å². The van der Waals surface area contributed by atoms with E-state index in [1.165, 1.54) is 48.6 Å². The van der Waals surface area contributed by atoms with Crippen molar-refractivity contribution in [2.75, 3.05) is 0 Å². The summed E-state index contributed by atoms with van der Waals surface area (Å²) in [5.41, 5.74) is 8.41. The molecule has 0 aliphatic carbocycles. The maximum absolute atomic E-state index is 5.16. The molecule has 0 aliphatic heterocycles. The lowest BCUT2D eigenvalue weighted by atomic mass is 9.93. The van der Waals surface area contributed by atoms with Gasteiger partial charge in [-0.05, 0) is 63.3 Å². The van der Waals surface area contributed by atoms with Gasteiger partial charge in [-0.15, -0.1) is 0 Å². The molecule has 0 atom stereocenters. The maximum Gasteiger partial charge on any atom is 0.160 e. The summed E-state index contributed by atoms with van der Waals surface area (Å²) in [4.78, 5) is 10.3. The topological polar surface area (TPSA) is 30.7 Å². The van der Waals surface area contributed by atoms with Gasteiger partial charge in [0.2, 0.25) is 0 Å². The molecule has 3 heteroatoms. The minimum atomic E-state index is 0.708. The van der Waals surface area contributed by atoms with Gasteiger partial charge in [-0.1, -0.05) is 140 Å². The number of hydrogen-bond donors (Lipinski definition) is 0. The van der Waals surface area contributed by atoms with Gasteiger partial charge < -0.3 is 4.57 Å². The average Bonchev–Trinajstić information content (AvgIpc) is 3.52. The molecule has 0 radical (unpaired) electrons. The zero-order valence-corrected chi connectivity index (χ0v) is 26.6. The molecule has 10 rings (SSSR count). The lowest BCUT2D eigenvalue weighted by Gasteiger charge is -2.14. The fraction of sp³-hybridized carbons (Fsp3) is 0. The van der Waals surface area contributed by atoms with Gasteiger partial charge in [0.1, 0.15) is 0 Å². The predicted octanol–water partition coefficient (Wildman–Crippen LogP) is 12.0. The molecule has 0 aliphatic rings. The van der Waals surface area contributed by atoms with Gasteiger partial charge in [0, 0.05) is 38.5 Å². The molecule has 0 saturated heterocycles. The number of nitrogens with zero attached hydrogens (tertiary/aromatic N) is 3. The molecular formula is C46H29N3. The SMILES string of the molecule is c1ccc(-c2cc(-c3ccccc3)nc(-c3ccc4c(c3)c3ccc5c6ccccc6c6ccccc6c5c3n4-c3ccccc3)n2)cc1. The molecule has 0 spiro atoms. The number of rotatable bonds is 4. The summed E-state index contributed by atoms with van der Waals surface area (Å²) in [6.45, 7) is 0. The first-order valence-electron chi connectivity index (χ1n) is 16.7. The first-order chi connectivity index (χ1) is 24.3. The second kappa shape index (κ2) is 11.0. The third-order valence-corrected chi connectivity index (χ3v) is 9.77. The van der Waals surface area contributed by atoms with E-state index in [0.29, 0.717) is 5.82 Å². The quantitative estimate of drug-likeness (QED) is 0.183. The minimum absolute atomic E-state index is 0.708. The highest BCUT2D eigenvalue weighted by molar-refractivity contribution is 6.33. The second-order valence-corrected chi connectivity index (χ2v) is 12.6. The Morgan fingerprint density at radius 2 is 0.837 bits per heavy atom. The highest BCUT2D eigenvalue weighted by Gasteiger charge is 2.20. The monoisotopic (exact) mass is 623 g/mol. The number of hydrogen-bond acceptors (Lipinski definition) is 2. The van der Waals surface area contributed by atoms with Crippen LogP contribution in [0.15, 0.2) is 176 Å². The van der Waals surface area contributed by atoms with Crippen LogP contribution in [0.25, 0.3) is 93.7 Å². The first kappa shape index (κ1) is 27.5. The summed E-state index contributed by atoms with van der Waals surface area (Å²) in [7, 11) is 0. The molecule has 0 saturated carbocycles. The summed E-state index contributed by atoms with van der Waals surface area (Å²) in [6.07, 6.45) is 0. The van der Waals surface area contributed by atoms with Crippen LogP contribution in [0.5, 0.6) is 0 Å². The largest absolute Gasteiger partial charge is 0.309 e. The Kier molecular flexibility index (Phi) is 6.18. The van der Waals surface area contributed by atoms with Gasteiger partial charge in [-0.25, -0.2) is 9.97 Å². The molecule has 3 nitrogen and oxygen atoms in total. The maximum atomic E-state index is 5.16. The number of aromatic nitrogens is 3. The molecule has 2 aromatic heterocycles. The van der Waals surface area contributed by atoms with Crippen molar-refractivity contribution >= 4 is 54.1 Å². The van der Waals surface area contributed by atoms with Crippen LogP contribution in [-0.4, -0.2) is 14.5 Å². The standard InChI is InChI=1S/C46H29N3/c1-4-14-30(15-5-1)41-29-42(31-16-6-2-7-17-31)48-46(47-41)32-24-27-43-40(28-32)39-26-25-38-36-22-11-10-20-34(36)35-21-12-13-23-37(35)44(38)45(39)49(43)33-18-8-3-9-19-33/h1-29H. The van der Waals surface area contributed by atoms with E-state index in [-0.39, 0.29) is 0 Å². The van der Waals surface area contributed by atoms with E-state index in [2.05, 4.69) is 168 Å². The van der Waals surface area contributed by atoms with Gasteiger partial charge in [0.25, 0.3) is 0 Å². The van der Waals surface area contributed by atoms with Crippen molar-refractivity contribution in [2.24, 2.45) is 0 Å². The van der Waals surface area contributed by atoms with E-state index in [4.69, 9.17) is 9.97 Å².